The summed E-state index contributed by atoms with van der Waals surface area (Å²) in [6.45, 7) is 5.18. The van der Waals surface area contributed by atoms with Crippen molar-refractivity contribution in [3.05, 3.63) is 89.1 Å². The van der Waals surface area contributed by atoms with Crippen LogP contribution in [0.5, 0.6) is 5.75 Å². The second kappa shape index (κ2) is 17.3. The zero-order chi connectivity index (χ0) is 43.9. The van der Waals surface area contributed by atoms with Crippen molar-refractivity contribution >= 4 is 70.3 Å². The Morgan fingerprint density at radius 1 is 1.00 bits per heavy atom. The lowest BCUT2D eigenvalue weighted by molar-refractivity contribution is -0.147. The highest BCUT2D eigenvalue weighted by atomic mass is 32.1. The fourth-order valence-corrected chi connectivity index (χ4v) is 11.5. The molecule has 3 aliphatic heterocycles. The predicted molar refractivity (Wildman–Crippen MR) is 228 cm³/mol. The van der Waals surface area contributed by atoms with Crippen molar-refractivity contribution in [2.24, 2.45) is 0 Å². The zero-order valence-electron chi connectivity index (χ0n) is 34.6. The van der Waals surface area contributed by atoms with Gasteiger partial charge in [-0.25, -0.2) is 24.1 Å². The highest BCUT2D eigenvalue weighted by Crippen LogP contribution is 2.58. The normalized spacial score (nSPS) is 22.7. The molecule has 4 aromatic rings. The van der Waals surface area contributed by atoms with Gasteiger partial charge in [0, 0.05) is 16.9 Å². The van der Waals surface area contributed by atoms with Crippen LogP contribution in [0.2, 0.25) is 0 Å². The number of carbonyl (C=O) groups is 6. The minimum absolute atomic E-state index is 0.0149. The van der Waals surface area contributed by atoms with Crippen LogP contribution in [0.4, 0.5) is 14.9 Å². The van der Waals surface area contributed by atoms with Crippen LogP contribution in [0.1, 0.15) is 98.3 Å². The number of amides is 6. The molecule has 4 aliphatic rings. The number of imide groups is 2. The number of esters is 1. The molecular formula is C44H48FN6O9PS. The van der Waals surface area contributed by atoms with E-state index < -0.39 is 72.7 Å². The number of halogens is 1. The molecule has 2 unspecified atom stereocenters. The molecule has 1 aliphatic carbocycles. The number of anilines is 1. The average molecular weight is 887 g/mol. The van der Waals surface area contributed by atoms with Gasteiger partial charge in [0.05, 0.1) is 23.4 Å². The van der Waals surface area contributed by atoms with E-state index in [9.17, 15) is 33.3 Å². The molecule has 2 aromatic heterocycles. The molecule has 4 fully saturated rings. The molecule has 6 atom stereocenters. The number of benzene rings is 2. The van der Waals surface area contributed by atoms with Crippen molar-refractivity contribution in [3.8, 4) is 5.75 Å². The predicted octanol–water partition coefficient (Wildman–Crippen LogP) is 7.34. The number of para-hydroxylation sites is 1. The number of pyridine rings is 1. The highest BCUT2D eigenvalue weighted by molar-refractivity contribution is 7.57. The molecule has 0 bridgehead atoms. The molecular weight excluding hydrogens is 839 g/mol. The largest absolute Gasteiger partial charge is 0.465 e. The zero-order valence-corrected chi connectivity index (χ0v) is 36.3. The summed E-state index contributed by atoms with van der Waals surface area (Å²) < 4.78 is 42.4. The van der Waals surface area contributed by atoms with Gasteiger partial charge in [0.25, 0.3) is 17.7 Å². The summed E-state index contributed by atoms with van der Waals surface area (Å²) in [5.41, 5.74) is -0.281. The molecule has 15 nitrogen and oxygen atoms in total. The van der Waals surface area contributed by atoms with Crippen molar-refractivity contribution in [3.63, 3.8) is 0 Å². The van der Waals surface area contributed by atoms with Crippen LogP contribution in [0.25, 0.3) is 10.1 Å². The topological polar surface area (TPSA) is 185 Å². The van der Waals surface area contributed by atoms with Crippen molar-refractivity contribution in [1.82, 2.24) is 25.2 Å². The molecule has 5 heterocycles. The van der Waals surface area contributed by atoms with Gasteiger partial charge in [-0.3, -0.25) is 33.5 Å². The molecule has 326 valence electrons. The van der Waals surface area contributed by atoms with E-state index >= 15 is 4.39 Å². The van der Waals surface area contributed by atoms with E-state index in [2.05, 4.69) is 15.4 Å². The Morgan fingerprint density at radius 3 is 2.48 bits per heavy atom. The number of nitrogens with one attached hydrogen (secondary N) is 2. The SMILES string of the molecule is CCCOC(=O)[C@H](C)NP(=O)(Oc1ccccc1)[C@@H](F)c1ccc2sc(C(=O)NC3CCCC[C@H]4CC[C@@H](C(=O)N5C(=O)N(c6cncc(C)c6)C(=O)C56CC6)N4C3=O)cc2c1. The highest BCUT2D eigenvalue weighted by Gasteiger charge is 2.68. The van der Waals surface area contributed by atoms with Crippen LogP contribution in [-0.4, -0.2) is 86.7 Å². The number of carbonyl (C=O) groups excluding carboxylic acids is 6. The third kappa shape index (κ3) is 8.13. The Morgan fingerprint density at radius 2 is 1.76 bits per heavy atom. The van der Waals surface area contributed by atoms with Crippen molar-refractivity contribution < 1.29 is 47.0 Å². The van der Waals surface area contributed by atoms with E-state index in [4.69, 9.17) is 9.26 Å². The number of hydrogen-bond acceptors (Lipinski definition) is 11. The number of ether oxygens (including phenoxy) is 1. The van der Waals surface area contributed by atoms with Crippen LogP contribution >= 0.6 is 18.9 Å². The number of alkyl halides is 1. The second-order valence-corrected chi connectivity index (χ2v) is 19.6. The standard InChI is InChI=1S/C44H48FN6O9PS/c1-4-20-59-41(55)27(3)48-61(58,60-32-11-6-5-7-12-32)37(45)28-14-17-35-29(22-28)23-36(62-35)38(52)47-33-13-9-8-10-30-15-16-34(49(30)39(33)53)40(54)51-43(57)50(42(56)44(51)18-19-44)31-21-26(2)24-46-25-31/h5-7,11-12,14,17,21-25,27,30,33-34,37H,4,8-10,13,15-16,18-20H2,1-3H3,(H,47,52)(H,48,58)/t27-,30-,33?,34-,37+,61?/m0/s1. The minimum atomic E-state index is -4.49. The smallest absolute Gasteiger partial charge is 0.355 e. The van der Waals surface area contributed by atoms with Gasteiger partial charge in [-0.1, -0.05) is 44.0 Å². The van der Waals surface area contributed by atoms with Gasteiger partial charge < -0.3 is 19.5 Å². The van der Waals surface area contributed by atoms with E-state index in [1.54, 1.807) is 49.5 Å². The molecule has 6 amide bonds. The molecule has 2 N–H and O–H groups in total. The first kappa shape index (κ1) is 43.2. The summed E-state index contributed by atoms with van der Waals surface area (Å²) in [7, 11) is -4.49. The van der Waals surface area contributed by atoms with Gasteiger partial charge in [0.1, 0.15) is 29.4 Å². The fraction of sp³-hybridized carbons (Fsp3) is 0.432. The van der Waals surface area contributed by atoms with Crippen LogP contribution < -0.4 is 19.8 Å². The van der Waals surface area contributed by atoms with Crippen LogP contribution in [0.3, 0.4) is 0 Å². The lowest BCUT2D eigenvalue weighted by Crippen LogP contribution is -2.58. The van der Waals surface area contributed by atoms with Crippen LogP contribution in [0.15, 0.2) is 73.1 Å². The maximum absolute atomic E-state index is 16.6. The lowest BCUT2D eigenvalue weighted by atomic mass is 9.99. The number of nitrogens with zero attached hydrogens (tertiary/aromatic N) is 4. The van der Waals surface area contributed by atoms with Gasteiger partial charge in [0.15, 0.2) is 0 Å². The number of aromatic nitrogens is 1. The molecule has 1 spiro atoms. The summed E-state index contributed by atoms with van der Waals surface area (Å²) in [5.74, 6) is -4.86. The van der Waals surface area contributed by atoms with Gasteiger partial charge in [-0.15, -0.1) is 11.3 Å². The number of fused-ring (bicyclic) bond motifs is 2. The second-order valence-electron chi connectivity index (χ2n) is 16.4. The third-order valence-electron chi connectivity index (χ3n) is 11.9. The number of thiophene rings is 1. The summed E-state index contributed by atoms with van der Waals surface area (Å²) in [6.07, 6.45) is 7.48. The first-order chi connectivity index (χ1) is 29.7. The molecule has 18 heteroatoms. The monoisotopic (exact) mass is 886 g/mol. The molecule has 2 aromatic carbocycles. The molecule has 1 saturated carbocycles. The third-order valence-corrected chi connectivity index (χ3v) is 15.1. The number of hydrogen-bond donors (Lipinski definition) is 2. The molecule has 3 saturated heterocycles. The minimum Gasteiger partial charge on any atom is -0.465 e. The van der Waals surface area contributed by atoms with E-state index in [0.717, 1.165) is 33.1 Å². The quantitative estimate of drug-likeness (QED) is 0.0778. The Labute approximate surface area is 361 Å². The Balaban J connectivity index is 0.998. The summed E-state index contributed by atoms with van der Waals surface area (Å²) in [5, 5.41) is 5.94. The molecule has 8 rings (SSSR count). The summed E-state index contributed by atoms with van der Waals surface area (Å²) in [4.78, 5) is 91.1. The fourth-order valence-electron chi connectivity index (χ4n) is 8.65. The first-order valence-corrected chi connectivity index (χ1v) is 23.5. The van der Waals surface area contributed by atoms with E-state index in [0.29, 0.717) is 61.5 Å². The van der Waals surface area contributed by atoms with Crippen molar-refractivity contribution in [2.45, 2.75) is 114 Å². The maximum atomic E-state index is 16.6. The van der Waals surface area contributed by atoms with Gasteiger partial charge >= 0.3 is 19.5 Å². The number of urea groups is 1. The Bertz CT molecular complexity index is 2480. The summed E-state index contributed by atoms with van der Waals surface area (Å²) >= 11 is 1.13. The summed E-state index contributed by atoms with van der Waals surface area (Å²) in [6, 6.07) is 11.6. The number of rotatable bonds is 13. The van der Waals surface area contributed by atoms with Crippen molar-refractivity contribution in [1.29, 1.82) is 0 Å². The Hall–Kier alpha value is -5.51. The van der Waals surface area contributed by atoms with Crippen LogP contribution in [-0.2, 0) is 28.5 Å². The van der Waals surface area contributed by atoms with Gasteiger partial charge in [-0.05, 0) is 112 Å². The van der Waals surface area contributed by atoms with Gasteiger partial charge in [-0.2, -0.15) is 0 Å². The first-order valence-electron chi connectivity index (χ1n) is 21.0. The lowest BCUT2D eigenvalue weighted by Gasteiger charge is -2.36. The van der Waals surface area contributed by atoms with Crippen LogP contribution in [0, 0.1) is 6.92 Å². The van der Waals surface area contributed by atoms with Crippen molar-refractivity contribution in [2.75, 3.05) is 11.5 Å². The van der Waals surface area contributed by atoms with E-state index in [1.165, 1.54) is 42.3 Å². The average Bonchev–Trinajstić information content (AvgIpc) is 3.65. The maximum Gasteiger partial charge on any atom is 0.355 e. The molecule has 62 heavy (non-hydrogen) atoms. The van der Waals surface area contributed by atoms with E-state index in [-0.39, 0.29) is 34.5 Å². The van der Waals surface area contributed by atoms with E-state index in [1.807, 2.05) is 6.92 Å². The van der Waals surface area contributed by atoms with Gasteiger partial charge in [0.2, 0.25) is 11.8 Å². The number of aryl methyl sites for hydroxylation is 1. The Kier molecular flexibility index (Phi) is 12.1. The molecule has 0 radical (unpaired) electrons.